The van der Waals surface area contributed by atoms with Crippen LogP contribution in [0.25, 0.3) is 0 Å². The number of nitro groups is 1. The summed E-state index contributed by atoms with van der Waals surface area (Å²) in [5.41, 5.74) is 1.05. The third kappa shape index (κ3) is 3.46. The van der Waals surface area contributed by atoms with Crippen LogP contribution in [0.1, 0.15) is 22.3 Å². The van der Waals surface area contributed by atoms with Gasteiger partial charge in [-0.25, -0.2) is 0 Å². The van der Waals surface area contributed by atoms with Crippen molar-refractivity contribution in [2.75, 3.05) is 20.1 Å². The van der Waals surface area contributed by atoms with Gasteiger partial charge < -0.3 is 10.2 Å². The Hall–Kier alpha value is -1.66. The molecule has 0 saturated carbocycles. The Morgan fingerprint density at radius 2 is 2.15 bits per heavy atom. The van der Waals surface area contributed by atoms with Gasteiger partial charge in [0.15, 0.2) is 0 Å². The summed E-state index contributed by atoms with van der Waals surface area (Å²) < 4.78 is 0. The summed E-state index contributed by atoms with van der Waals surface area (Å²) >= 11 is 0. The van der Waals surface area contributed by atoms with Crippen LogP contribution < -0.4 is 5.32 Å². The molecule has 0 radical (unpaired) electrons. The highest BCUT2D eigenvalue weighted by molar-refractivity contribution is 5.95. The van der Waals surface area contributed by atoms with Crippen LogP contribution in [0.15, 0.2) is 18.2 Å². The number of likely N-dealkylation sites (N-methyl/N-ethyl adjacent to an activating group) is 1. The van der Waals surface area contributed by atoms with Crippen molar-refractivity contribution in [3.8, 4) is 0 Å². The van der Waals surface area contributed by atoms with E-state index in [0.29, 0.717) is 5.56 Å². The lowest BCUT2D eigenvalue weighted by Crippen LogP contribution is -2.38. The highest BCUT2D eigenvalue weighted by Gasteiger charge is 2.25. The predicted molar refractivity (Wildman–Crippen MR) is 78.4 cm³/mol. The van der Waals surface area contributed by atoms with Gasteiger partial charge in [-0.05, 0) is 31.5 Å². The molecule has 1 aliphatic heterocycles. The van der Waals surface area contributed by atoms with E-state index in [1.54, 1.807) is 24.9 Å². The van der Waals surface area contributed by atoms with E-state index in [2.05, 4.69) is 5.32 Å². The normalized spacial score (nSPS) is 17.4. The maximum atomic E-state index is 12.3. The zero-order valence-electron chi connectivity index (χ0n) is 11.5. The third-order valence-corrected chi connectivity index (χ3v) is 3.42. The minimum atomic E-state index is -0.471. The Bertz CT molecular complexity index is 516. The van der Waals surface area contributed by atoms with Crippen LogP contribution in [-0.2, 0) is 0 Å². The minimum Gasteiger partial charge on any atom is -0.337 e. The molecule has 0 aromatic heterocycles. The molecule has 0 spiro atoms. The van der Waals surface area contributed by atoms with Crippen LogP contribution in [0.2, 0.25) is 0 Å². The molecule has 20 heavy (non-hydrogen) atoms. The zero-order chi connectivity index (χ0) is 14.0. The first-order valence-corrected chi connectivity index (χ1v) is 6.23. The van der Waals surface area contributed by atoms with Gasteiger partial charge in [0.1, 0.15) is 0 Å². The van der Waals surface area contributed by atoms with Crippen LogP contribution in [0.3, 0.4) is 0 Å². The Labute approximate surface area is 123 Å². The summed E-state index contributed by atoms with van der Waals surface area (Å²) in [6, 6.07) is 4.66. The molecule has 110 valence electrons. The second-order valence-corrected chi connectivity index (χ2v) is 4.88. The van der Waals surface area contributed by atoms with E-state index in [1.807, 2.05) is 0 Å². The van der Waals surface area contributed by atoms with E-state index in [9.17, 15) is 14.9 Å². The molecule has 1 N–H and O–H groups in total. The number of hydrogen-bond donors (Lipinski definition) is 1. The maximum absolute atomic E-state index is 12.3. The average molecular weight is 300 g/mol. The van der Waals surface area contributed by atoms with Crippen LogP contribution in [0, 0.1) is 17.0 Å². The second kappa shape index (κ2) is 6.67. The van der Waals surface area contributed by atoms with Crippen molar-refractivity contribution >= 4 is 24.0 Å². The molecule has 2 rings (SSSR count). The van der Waals surface area contributed by atoms with E-state index in [0.717, 1.165) is 25.1 Å². The van der Waals surface area contributed by atoms with Gasteiger partial charge in [0, 0.05) is 37.3 Å². The van der Waals surface area contributed by atoms with Crippen LogP contribution in [0.5, 0.6) is 0 Å². The summed E-state index contributed by atoms with van der Waals surface area (Å²) in [5, 5.41) is 14.0. The van der Waals surface area contributed by atoms with Crippen molar-refractivity contribution in [2.24, 2.45) is 0 Å². The fourth-order valence-electron chi connectivity index (χ4n) is 2.33. The summed E-state index contributed by atoms with van der Waals surface area (Å²) in [4.78, 5) is 24.4. The lowest BCUT2D eigenvalue weighted by Gasteiger charge is -2.23. The van der Waals surface area contributed by atoms with Crippen molar-refractivity contribution in [3.63, 3.8) is 0 Å². The minimum absolute atomic E-state index is 0. The molecule has 1 aromatic carbocycles. The van der Waals surface area contributed by atoms with Gasteiger partial charge in [-0.2, -0.15) is 0 Å². The summed E-state index contributed by atoms with van der Waals surface area (Å²) in [5.74, 6) is -0.166. The Kier molecular flexibility index (Phi) is 5.47. The molecule has 1 amide bonds. The van der Waals surface area contributed by atoms with Gasteiger partial charge in [-0.15, -0.1) is 12.4 Å². The molecular formula is C13H18ClN3O3. The monoisotopic (exact) mass is 299 g/mol. The van der Waals surface area contributed by atoms with Crippen molar-refractivity contribution in [1.29, 1.82) is 0 Å². The maximum Gasteiger partial charge on any atom is 0.270 e. The molecule has 1 atom stereocenters. The number of hydrogen-bond acceptors (Lipinski definition) is 4. The lowest BCUT2D eigenvalue weighted by atomic mass is 10.1. The van der Waals surface area contributed by atoms with Gasteiger partial charge >= 0.3 is 0 Å². The van der Waals surface area contributed by atoms with E-state index < -0.39 is 4.92 Å². The first kappa shape index (κ1) is 16.4. The van der Waals surface area contributed by atoms with Crippen molar-refractivity contribution in [2.45, 2.75) is 19.4 Å². The lowest BCUT2D eigenvalue weighted by molar-refractivity contribution is -0.384. The molecule has 6 nitrogen and oxygen atoms in total. The third-order valence-electron chi connectivity index (χ3n) is 3.42. The van der Waals surface area contributed by atoms with Gasteiger partial charge in [0.05, 0.1) is 4.92 Å². The molecule has 0 bridgehead atoms. The van der Waals surface area contributed by atoms with Gasteiger partial charge in [-0.1, -0.05) is 0 Å². The number of aryl methyl sites for hydroxylation is 1. The van der Waals surface area contributed by atoms with Gasteiger partial charge in [0.25, 0.3) is 11.6 Å². The molecule has 1 aromatic rings. The van der Waals surface area contributed by atoms with Gasteiger partial charge in [-0.3, -0.25) is 14.9 Å². The summed E-state index contributed by atoms with van der Waals surface area (Å²) in [7, 11) is 1.74. The quantitative estimate of drug-likeness (QED) is 0.681. The Morgan fingerprint density at radius 1 is 1.45 bits per heavy atom. The molecule has 1 fully saturated rings. The Balaban J connectivity index is 0.00000200. The number of carbonyl (C=O) groups is 1. The number of non-ortho nitro benzene ring substituents is 1. The van der Waals surface area contributed by atoms with Gasteiger partial charge in [0.2, 0.25) is 0 Å². The highest BCUT2D eigenvalue weighted by Crippen LogP contribution is 2.19. The summed E-state index contributed by atoms with van der Waals surface area (Å²) in [6.07, 6.45) is 0.913. The van der Waals surface area contributed by atoms with Crippen molar-refractivity contribution in [3.05, 3.63) is 39.4 Å². The van der Waals surface area contributed by atoms with E-state index >= 15 is 0 Å². The predicted octanol–water partition coefficient (Wildman–Crippen LogP) is 1.76. The molecule has 7 heteroatoms. The molecule has 1 aliphatic rings. The number of amides is 1. The average Bonchev–Trinajstić information content (AvgIpc) is 2.90. The van der Waals surface area contributed by atoms with E-state index in [-0.39, 0.29) is 30.0 Å². The molecule has 1 unspecified atom stereocenters. The first-order valence-electron chi connectivity index (χ1n) is 6.23. The SMILES string of the molecule is Cc1cc(C(=O)N(C)C2CCNC2)cc([N+](=O)[O-])c1.Cl. The fourth-order valence-corrected chi connectivity index (χ4v) is 2.33. The zero-order valence-corrected chi connectivity index (χ0v) is 12.3. The number of halogens is 1. The molecule has 1 heterocycles. The largest absolute Gasteiger partial charge is 0.337 e. The van der Waals surface area contributed by atoms with E-state index in [4.69, 9.17) is 0 Å². The molecule has 1 saturated heterocycles. The Morgan fingerprint density at radius 3 is 2.70 bits per heavy atom. The van der Waals surface area contributed by atoms with Crippen LogP contribution in [-0.4, -0.2) is 41.9 Å². The second-order valence-electron chi connectivity index (χ2n) is 4.88. The number of nitro benzene ring substituents is 1. The summed E-state index contributed by atoms with van der Waals surface area (Å²) in [6.45, 7) is 3.42. The topological polar surface area (TPSA) is 75.5 Å². The first-order chi connectivity index (χ1) is 8.99. The number of rotatable bonds is 3. The van der Waals surface area contributed by atoms with Crippen molar-refractivity contribution in [1.82, 2.24) is 10.2 Å². The van der Waals surface area contributed by atoms with Crippen LogP contribution >= 0.6 is 12.4 Å². The molecular weight excluding hydrogens is 282 g/mol. The fraction of sp³-hybridized carbons (Fsp3) is 0.462. The standard InChI is InChI=1S/C13H17N3O3.ClH/c1-9-5-10(7-12(6-9)16(18)19)13(17)15(2)11-3-4-14-8-11;/h5-7,11,14H,3-4,8H2,1-2H3;1H. The number of benzene rings is 1. The van der Waals surface area contributed by atoms with Crippen LogP contribution in [0.4, 0.5) is 5.69 Å². The van der Waals surface area contributed by atoms with Crippen molar-refractivity contribution < 1.29 is 9.72 Å². The highest BCUT2D eigenvalue weighted by atomic mass is 35.5. The van der Waals surface area contributed by atoms with E-state index in [1.165, 1.54) is 12.1 Å². The number of carbonyl (C=O) groups excluding carboxylic acids is 1. The smallest absolute Gasteiger partial charge is 0.270 e. The molecule has 0 aliphatic carbocycles. The number of nitrogens with zero attached hydrogens (tertiary/aromatic N) is 2. The number of nitrogens with one attached hydrogen (secondary N) is 1.